The van der Waals surface area contributed by atoms with E-state index in [4.69, 9.17) is 0 Å². The van der Waals surface area contributed by atoms with Gasteiger partial charge < -0.3 is 5.11 Å². The number of hydrogen-bond donors (Lipinski definition) is 1. The number of hydrogen-bond acceptors (Lipinski definition) is 2. The normalized spacial score (nSPS) is 21.1. The molecule has 16 heavy (non-hydrogen) atoms. The average Bonchev–Trinajstić information content (AvgIpc) is 2.57. The lowest BCUT2D eigenvalue weighted by Crippen LogP contribution is -2.31. The molecule has 1 aromatic carbocycles. The van der Waals surface area contributed by atoms with Gasteiger partial charge in [-0.3, -0.25) is 4.90 Å². The second kappa shape index (κ2) is 3.77. The molecule has 0 spiro atoms. The third-order valence-electron chi connectivity index (χ3n) is 3.41. The quantitative estimate of drug-likeness (QED) is 0.783. The highest BCUT2D eigenvalue weighted by atomic mass is 16.3. The van der Waals surface area contributed by atoms with E-state index in [9.17, 15) is 5.11 Å². The highest BCUT2D eigenvalue weighted by Crippen LogP contribution is 2.47. The molecular formula is C14H21NO. The lowest BCUT2D eigenvalue weighted by Gasteiger charge is -2.35. The zero-order valence-electron chi connectivity index (χ0n) is 10.6. The minimum Gasteiger partial charge on any atom is -0.508 e. The van der Waals surface area contributed by atoms with Gasteiger partial charge in [0.05, 0.1) is 0 Å². The summed E-state index contributed by atoms with van der Waals surface area (Å²) in [5.74, 6) is 0.452. The van der Waals surface area contributed by atoms with Crippen molar-refractivity contribution in [2.45, 2.75) is 40.3 Å². The largest absolute Gasteiger partial charge is 0.508 e. The molecule has 1 aliphatic heterocycles. The van der Waals surface area contributed by atoms with Crippen LogP contribution in [0.15, 0.2) is 18.2 Å². The maximum absolute atomic E-state index is 10.1. The van der Waals surface area contributed by atoms with Gasteiger partial charge in [0.1, 0.15) is 5.75 Å². The second-order valence-electron chi connectivity index (χ2n) is 5.68. The minimum absolute atomic E-state index is 0.153. The van der Waals surface area contributed by atoms with E-state index in [1.165, 1.54) is 5.56 Å². The van der Waals surface area contributed by atoms with Crippen molar-refractivity contribution < 1.29 is 5.11 Å². The lowest BCUT2D eigenvalue weighted by atomic mass is 9.82. The number of aromatic hydroxyl groups is 1. The highest BCUT2D eigenvalue weighted by Gasteiger charge is 2.39. The van der Waals surface area contributed by atoms with Crippen LogP contribution in [0.25, 0.3) is 0 Å². The van der Waals surface area contributed by atoms with Crippen LogP contribution in [0.5, 0.6) is 5.75 Å². The molecule has 0 radical (unpaired) electrons. The molecule has 0 saturated heterocycles. The molecule has 1 heterocycles. The van der Waals surface area contributed by atoms with Gasteiger partial charge in [-0.15, -0.1) is 0 Å². The molecule has 1 aromatic rings. The molecule has 2 heteroatoms. The van der Waals surface area contributed by atoms with Gasteiger partial charge in [0, 0.05) is 18.2 Å². The van der Waals surface area contributed by atoms with Gasteiger partial charge in [0.15, 0.2) is 0 Å². The Morgan fingerprint density at radius 1 is 1.38 bits per heavy atom. The molecule has 0 fully saturated rings. The summed E-state index contributed by atoms with van der Waals surface area (Å²) in [4.78, 5) is 2.43. The van der Waals surface area contributed by atoms with Crippen LogP contribution in [0, 0.1) is 5.41 Å². The fourth-order valence-electron chi connectivity index (χ4n) is 2.82. The first-order chi connectivity index (χ1) is 7.45. The van der Waals surface area contributed by atoms with Crippen LogP contribution in [0.3, 0.4) is 0 Å². The molecule has 2 rings (SSSR count). The Morgan fingerprint density at radius 2 is 2.06 bits per heavy atom. The van der Waals surface area contributed by atoms with Crippen LogP contribution in [0.2, 0.25) is 0 Å². The minimum atomic E-state index is 0.153. The summed E-state index contributed by atoms with van der Waals surface area (Å²) < 4.78 is 0. The van der Waals surface area contributed by atoms with Gasteiger partial charge in [-0.25, -0.2) is 0 Å². The first kappa shape index (κ1) is 11.5. The predicted molar refractivity (Wildman–Crippen MR) is 66.4 cm³/mol. The zero-order chi connectivity index (χ0) is 11.9. The molecule has 1 N–H and O–H groups in total. The Kier molecular flexibility index (Phi) is 2.70. The Morgan fingerprint density at radius 3 is 2.62 bits per heavy atom. The fraction of sp³-hybridized carbons (Fsp3) is 0.571. The number of nitrogens with zero attached hydrogens (tertiary/aromatic N) is 1. The fourth-order valence-corrected chi connectivity index (χ4v) is 2.82. The molecular weight excluding hydrogens is 198 g/mol. The average molecular weight is 219 g/mol. The van der Waals surface area contributed by atoms with Crippen LogP contribution >= 0.6 is 0 Å². The van der Waals surface area contributed by atoms with Gasteiger partial charge in [0.25, 0.3) is 0 Å². The summed E-state index contributed by atoms with van der Waals surface area (Å²) in [5, 5.41) is 10.1. The Labute approximate surface area is 97.9 Å². The van der Waals surface area contributed by atoms with E-state index in [0.717, 1.165) is 18.7 Å². The summed E-state index contributed by atoms with van der Waals surface area (Å²) in [6.45, 7) is 10.9. The SMILES string of the molecule is CCN1Cc2cccc(O)c2[C@@H]1C(C)(C)C. The van der Waals surface area contributed by atoms with Crippen molar-refractivity contribution in [3.05, 3.63) is 29.3 Å². The van der Waals surface area contributed by atoms with Crippen LogP contribution in [0.4, 0.5) is 0 Å². The topological polar surface area (TPSA) is 23.5 Å². The molecule has 0 aliphatic carbocycles. The van der Waals surface area contributed by atoms with E-state index in [0.29, 0.717) is 11.8 Å². The predicted octanol–water partition coefficient (Wildman–Crippen LogP) is 3.31. The molecule has 0 amide bonds. The van der Waals surface area contributed by atoms with Crippen molar-refractivity contribution in [2.75, 3.05) is 6.54 Å². The van der Waals surface area contributed by atoms with E-state index in [-0.39, 0.29) is 5.41 Å². The van der Waals surface area contributed by atoms with Gasteiger partial charge in [0.2, 0.25) is 0 Å². The first-order valence-electron chi connectivity index (χ1n) is 6.00. The maximum atomic E-state index is 10.1. The summed E-state index contributed by atoms with van der Waals surface area (Å²) in [6, 6.07) is 6.20. The molecule has 1 aliphatic rings. The van der Waals surface area contributed by atoms with Crippen molar-refractivity contribution in [1.29, 1.82) is 0 Å². The Balaban J connectivity index is 2.52. The number of benzene rings is 1. The number of fused-ring (bicyclic) bond motifs is 1. The second-order valence-corrected chi connectivity index (χ2v) is 5.68. The lowest BCUT2D eigenvalue weighted by molar-refractivity contribution is 0.117. The highest BCUT2D eigenvalue weighted by molar-refractivity contribution is 5.45. The smallest absolute Gasteiger partial charge is 0.120 e. The molecule has 0 saturated carbocycles. The summed E-state index contributed by atoms with van der Waals surface area (Å²) in [5.41, 5.74) is 2.57. The summed E-state index contributed by atoms with van der Waals surface area (Å²) in [6.07, 6.45) is 0. The number of phenols is 1. The first-order valence-corrected chi connectivity index (χ1v) is 6.00. The van der Waals surface area contributed by atoms with Gasteiger partial charge in [-0.1, -0.05) is 39.8 Å². The van der Waals surface area contributed by atoms with Crippen molar-refractivity contribution in [3.63, 3.8) is 0 Å². The van der Waals surface area contributed by atoms with Crippen LogP contribution < -0.4 is 0 Å². The van der Waals surface area contributed by atoms with Gasteiger partial charge in [-0.2, -0.15) is 0 Å². The third-order valence-corrected chi connectivity index (χ3v) is 3.41. The maximum Gasteiger partial charge on any atom is 0.120 e. The van der Waals surface area contributed by atoms with Crippen LogP contribution in [0.1, 0.15) is 44.9 Å². The molecule has 1 atom stereocenters. The number of rotatable bonds is 1. The molecule has 0 bridgehead atoms. The molecule has 0 unspecified atom stereocenters. The third kappa shape index (κ3) is 1.71. The molecule has 88 valence electrons. The van der Waals surface area contributed by atoms with Crippen LogP contribution in [-0.2, 0) is 6.54 Å². The van der Waals surface area contributed by atoms with Crippen molar-refractivity contribution in [2.24, 2.45) is 5.41 Å². The van der Waals surface area contributed by atoms with Crippen molar-refractivity contribution in [3.8, 4) is 5.75 Å². The van der Waals surface area contributed by atoms with E-state index >= 15 is 0 Å². The van der Waals surface area contributed by atoms with Gasteiger partial charge >= 0.3 is 0 Å². The Bertz CT molecular complexity index is 392. The molecule has 2 nitrogen and oxygen atoms in total. The molecule has 0 aromatic heterocycles. The number of phenolic OH excluding ortho intramolecular Hbond substituents is 1. The van der Waals surface area contributed by atoms with Crippen LogP contribution in [-0.4, -0.2) is 16.6 Å². The van der Waals surface area contributed by atoms with Crippen molar-refractivity contribution >= 4 is 0 Å². The van der Waals surface area contributed by atoms with E-state index in [1.54, 1.807) is 6.07 Å². The standard InChI is InChI=1S/C14H21NO/c1-5-15-9-10-7-6-8-11(16)12(10)13(15)14(2,3)4/h6-8,13,16H,5,9H2,1-4H3/t13-/m1/s1. The van der Waals surface area contributed by atoms with Gasteiger partial charge in [-0.05, 0) is 23.6 Å². The van der Waals surface area contributed by atoms with E-state index in [2.05, 4.69) is 38.7 Å². The van der Waals surface area contributed by atoms with E-state index in [1.807, 2.05) is 6.07 Å². The Hall–Kier alpha value is -1.02. The summed E-state index contributed by atoms with van der Waals surface area (Å²) >= 11 is 0. The van der Waals surface area contributed by atoms with Crippen molar-refractivity contribution in [1.82, 2.24) is 4.90 Å². The zero-order valence-corrected chi connectivity index (χ0v) is 10.6. The summed E-state index contributed by atoms with van der Waals surface area (Å²) in [7, 11) is 0. The monoisotopic (exact) mass is 219 g/mol. The van der Waals surface area contributed by atoms with E-state index < -0.39 is 0 Å².